The van der Waals surface area contributed by atoms with Gasteiger partial charge < -0.3 is 19.3 Å². The van der Waals surface area contributed by atoms with E-state index in [1.54, 1.807) is 13.0 Å². The first-order chi connectivity index (χ1) is 14.5. The number of hydrogen-bond acceptors (Lipinski definition) is 7. The van der Waals surface area contributed by atoms with Crippen LogP contribution in [0, 0.1) is 6.92 Å². The molecule has 7 heteroatoms. The smallest absolute Gasteiger partial charge is 0.344 e. The third-order valence-corrected chi connectivity index (χ3v) is 5.52. The molecule has 0 fully saturated rings. The van der Waals surface area contributed by atoms with E-state index in [4.69, 9.17) is 14.2 Å². The van der Waals surface area contributed by atoms with E-state index in [1.165, 1.54) is 11.8 Å². The minimum atomic E-state index is -0.598. The average molecular weight is 423 g/mol. The van der Waals surface area contributed by atoms with E-state index in [0.717, 1.165) is 11.1 Å². The van der Waals surface area contributed by atoms with Crippen molar-refractivity contribution in [3.63, 3.8) is 0 Å². The lowest BCUT2D eigenvalue weighted by atomic mass is 10.1. The number of nitrogens with zero attached hydrogens (tertiary/aromatic N) is 1. The number of thioether (sulfide) groups is 1. The van der Waals surface area contributed by atoms with Gasteiger partial charge in [0.25, 0.3) is 0 Å². The lowest BCUT2D eigenvalue weighted by Crippen LogP contribution is -2.15. The van der Waals surface area contributed by atoms with Gasteiger partial charge in [0.15, 0.2) is 11.5 Å². The van der Waals surface area contributed by atoms with Crippen molar-refractivity contribution in [1.29, 1.82) is 0 Å². The highest BCUT2D eigenvalue weighted by Gasteiger charge is 2.33. The predicted octanol–water partition coefficient (Wildman–Crippen LogP) is 4.96. The van der Waals surface area contributed by atoms with Crippen LogP contribution in [0.4, 0.5) is 5.69 Å². The van der Waals surface area contributed by atoms with Crippen molar-refractivity contribution in [2.24, 2.45) is 4.99 Å². The summed E-state index contributed by atoms with van der Waals surface area (Å²) in [5.41, 5.74) is 2.69. The molecule has 2 heterocycles. The molecule has 30 heavy (non-hydrogen) atoms. The number of ether oxygens (including phenoxy) is 3. The van der Waals surface area contributed by atoms with E-state index in [1.807, 2.05) is 49.4 Å². The Balaban J connectivity index is 1.71. The molecular weight excluding hydrogens is 402 g/mol. The SMILES string of the molecule is CCOC(=O)C1=C(O)C(=Cc2ccc3c(c2)OCCO3)SC1=Nc1ccc(C)cc1. The number of hydrogen-bond donors (Lipinski definition) is 1. The Morgan fingerprint density at radius 1 is 1.17 bits per heavy atom. The third kappa shape index (κ3) is 4.21. The highest BCUT2D eigenvalue weighted by Crippen LogP contribution is 2.41. The Morgan fingerprint density at radius 3 is 2.63 bits per heavy atom. The lowest BCUT2D eigenvalue weighted by molar-refractivity contribution is -0.138. The molecule has 0 aliphatic carbocycles. The topological polar surface area (TPSA) is 77.4 Å². The van der Waals surface area contributed by atoms with Crippen LogP contribution in [0.3, 0.4) is 0 Å². The lowest BCUT2D eigenvalue weighted by Gasteiger charge is -2.18. The number of aliphatic hydroxyl groups excluding tert-OH is 1. The van der Waals surface area contributed by atoms with Crippen molar-refractivity contribution in [3.8, 4) is 11.5 Å². The fraction of sp³-hybridized carbons (Fsp3) is 0.217. The quantitative estimate of drug-likeness (QED) is 0.701. The maximum Gasteiger partial charge on any atom is 0.344 e. The predicted molar refractivity (Wildman–Crippen MR) is 118 cm³/mol. The van der Waals surface area contributed by atoms with E-state index in [9.17, 15) is 9.90 Å². The second kappa shape index (κ2) is 8.67. The average Bonchev–Trinajstić information content (AvgIpc) is 3.04. The molecule has 0 unspecified atom stereocenters. The van der Waals surface area contributed by atoms with Gasteiger partial charge in [0.1, 0.15) is 29.6 Å². The summed E-state index contributed by atoms with van der Waals surface area (Å²) in [5, 5.41) is 11.2. The van der Waals surface area contributed by atoms with Gasteiger partial charge in [-0.3, -0.25) is 0 Å². The van der Waals surface area contributed by atoms with E-state index < -0.39 is 5.97 Å². The molecule has 0 atom stereocenters. The molecular formula is C23H21NO5S. The number of aliphatic hydroxyl groups is 1. The van der Waals surface area contributed by atoms with Crippen LogP contribution < -0.4 is 9.47 Å². The summed E-state index contributed by atoms with van der Waals surface area (Å²) in [5.74, 6) is 0.607. The zero-order valence-corrected chi connectivity index (χ0v) is 17.5. The number of aliphatic imine (C=N–C) groups is 1. The van der Waals surface area contributed by atoms with Crippen molar-refractivity contribution in [3.05, 3.63) is 69.8 Å². The van der Waals surface area contributed by atoms with Crippen LogP contribution in [-0.2, 0) is 9.53 Å². The Morgan fingerprint density at radius 2 is 1.90 bits per heavy atom. The highest BCUT2D eigenvalue weighted by molar-refractivity contribution is 8.18. The maximum atomic E-state index is 12.5. The van der Waals surface area contributed by atoms with Crippen LogP contribution >= 0.6 is 11.8 Å². The second-order valence-electron chi connectivity index (χ2n) is 6.71. The van der Waals surface area contributed by atoms with Gasteiger partial charge in [-0.1, -0.05) is 35.5 Å². The summed E-state index contributed by atoms with van der Waals surface area (Å²) in [6, 6.07) is 13.2. The van der Waals surface area contributed by atoms with Crippen LogP contribution in [0.15, 0.2) is 63.7 Å². The van der Waals surface area contributed by atoms with E-state index >= 15 is 0 Å². The van der Waals surface area contributed by atoms with Crippen LogP contribution in [0.2, 0.25) is 0 Å². The molecule has 0 spiro atoms. The zero-order chi connectivity index (χ0) is 21.1. The molecule has 0 bridgehead atoms. The summed E-state index contributed by atoms with van der Waals surface area (Å²) in [4.78, 5) is 17.6. The Hall–Kier alpha value is -3.19. The number of benzene rings is 2. The minimum absolute atomic E-state index is 0.0752. The first-order valence-corrected chi connectivity index (χ1v) is 10.4. The molecule has 0 saturated carbocycles. The first kappa shape index (κ1) is 20.1. The van der Waals surface area contributed by atoms with Crippen LogP contribution in [-0.4, -0.2) is 35.9 Å². The largest absolute Gasteiger partial charge is 0.506 e. The Bertz CT molecular complexity index is 1070. The highest BCUT2D eigenvalue weighted by atomic mass is 32.2. The van der Waals surface area contributed by atoms with Crippen LogP contribution in [0.1, 0.15) is 18.1 Å². The number of aryl methyl sites for hydroxylation is 1. The molecule has 6 nitrogen and oxygen atoms in total. The van der Waals surface area contributed by atoms with E-state index in [2.05, 4.69) is 4.99 Å². The molecule has 1 N–H and O–H groups in total. The van der Waals surface area contributed by atoms with Crippen molar-refractivity contribution < 1.29 is 24.1 Å². The minimum Gasteiger partial charge on any atom is -0.506 e. The zero-order valence-electron chi connectivity index (χ0n) is 16.7. The molecule has 2 aliphatic heterocycles. The van der Waals surface area contributed by atoms with Crippen molar-refractivity contribution >= 4 is 34.5 Å². The number of carbonyl (C=O) groups excluding carboxylic acids is 1. The fourth-order valence-corrected chi connectivity index (χ4v) is 4.06. The van der Waals surface area contributed by atoms with Gasteiger partial charge in [0.05, 0.1) is 17.2 Å². The standard InChI is InChI=1S/C23H21NO5S/c1-3-27-23(26)20-21(25)19(30-22(20)24-16-7-4-14(2)5-8-16)13-15-6-9-17-18(12-15)29-11-10-28-17/h4-9,12-13,25H,3,10-11H2,1-2H3. The molecule has 2 aliphatic rings. The molecule has 154 valence electrons. The van der Waals surface area contributed by atoms with Crippen LogP contribution in [0.25, 0.3) is 6.08 Å². The maximum absolute atomic E-state index is 12.5. The molecule has 2 aromatic rings. The van der Waals surface area contributed by atoms with Crippen molar-refractivity contribution in [2.75, 3.05) is 19.8 Å². The monoisotopic (exact) mass is 423 g/mol. The second-order valence-corrected chi connectivity index (χ2v) is 7.74. The van der Waals surface area contributed by atoms with Gasteiger partial charge in [-0.15, -0.1) is 0 Å². The Kier molecular flexibility index (Phi) is 5.81. The number of rotatable bonds is 4. The summed E-state index contributed by atoms with van der Waals surface area (Å²) in [6.45, 7) is 4.94. The van der Waals surface area contributed by atoms with E-state index in [-0.39, 0.29) is 17.9 Å². The molecule has 4 rings (SSSR count). The van der Waals surface area contributed by atoms with Gasteiger partial charge in [-0.05, 0) is 49.8 Å². The normalized spacial score (nSPS) is 18.2. The summed E-state index contributed by atoms with van der Waals surface area (Å²) >= 11 is 1.23. The summed E-state index contributed by atoms with van der Waals surface area (Å²) in [6.07, 6.45) is 1.79. The number of fused-ring (bicyclic) bond motifs is 1. The molecule has 2 aromatic carbocycles. The molecule has 0 radical (unpaired) electrons. The van der Waals surface area contributed by atoms with Gasteiger partial charge in [0, 0.05) is 0 Å². The van der Waals surface area contributed by atoms with Crippen molar-refractivity contribution in [1.82, 2.24) is 0 Å². The number of esters is 1. The van der Waals surface area contributed by atoms with Crippen LogP contribution in [0.5, 0.6) is 11.5 Å². The van der Waals surface area contributed by atoms with Gasteiger partial charge >= 0.3 is 5.97 Å². The number of carbonyl (C=O) groups is 1. The Labute approximate surface area is 178 Å². The molecule has 0 saturated heterocycles. The van der Waals surface area contributed by atoms with E-state index in [0.29, 0.717) is 40.3 Å². The van der Waals surface area contributed by atoms with Gasteiger partial charge in [-0.25, -0.2) is 9.79 Å². The molecule has 0 aromatic heterocycles. The summed E-state index contributed by atoms with van der Waals surface area (Å²) in [7, 11) is 0. The van der Waals surface area contributed by atoms with Gasteiger partial charge in [-0.2, -0.15) is 0 Å². The fourth-order valence-electron chi connectivity index (χ4n) is 3.03. The summed E-state index contributed by atoms with van der Waals surface area (Å²) < 4.78 is 16.3. The van der Waals surface area contributed by atoms with Gasteiger partial charge in [0.2, 0.25) is 0 Å². The third-order valence-electron chi connectivity index (χ3n) is 4.50. The molecule has 0 amide bonds. The first-order valence-electron chi connectivity index (χ1n) is 9.61. The van der Waals surface area contributed by atoms with Crippen molar-refractivity contribution in [2.45, 2.75) is 13.8 Å².